The summed E-state index contributed by atoms with van der Waals surface area (Å²) < 4.78 is 0. The lowest BCUT2D eigenvalue weighted by Gasteiger charge is -2.46. The molecule has 0 aromatic heterocycles. The number of hydrogen-bond acceptors (Lipinski definition) is 4. The van der Waals surface area contributed by atoms with Gasteiger partial charge in [-0.15, -0.1) is 0 Å². The number of guanidine groups is 1. The molecule has 1 unspecified atom stereocenters. The fraction of sp³-hybridized carbons (Fsp3) is 0.419. The van der Waals surface area contributed by atoms with Gasteiger partial charge in [-0.05, 0) is 67.5 Å². The van der Waals surface area contributed by atoms with E-state index in [-0.39, 0.29) is 24.0 Å². The van der Waals surface area contributed by atoms with Gasteiger partial charge in [0.2, 0.25) is 5.91 Å². The molecule has 6 N–H and O–H groups in total. The third-order valence-electron chi connectivity index (χ3n) is 7.58. The minimum atomic E-state index is -0.576. The number of rotatable bonds is 11. The molecule has 3 aromatic carbocycles. The first kappa shape index (κ1) is 27.6. The van der Waals surface area contributed by atoms with E-state index in [0.717, 1.165) is 44.3 Å². The van der Waals surface area contributed by atoms with Crippen LogP contribution in [0.3, 0.4) is 0 Å². The fourth-order valence-electron chi connectivity index (χ4n) is 5.51. The molecule has 7 heteroatoms. The molecule has 4 rings (SSSR count). The molecule has 3 atom stereocenters. The summed E-state index contributed by atoms with van der Waals surface area (Å²) in [6.45, 7) is 5.31. The highest BCUT2D eigenvalue weighted by Crippen LogP contribution is 2.22. The molecular formula is C31H42N6O. The Morgan fingerprint density at radius 2 is 1.68 bits per heavy atom. The molecule has 1 aliphatic heterocycles. The summed E-state index contributed by atoms with van der Waals surface area (Å²) in [6, 6.07) is 25.0. The molecule has 1 fully saturated rings. The highest BCUT2D eigenvalue weighted by Gasteiger charge is 2.35. The zero-order valence-electron chi connectivity index (χ0n) is 22.5. The van der Waals surface area contributed by atoms with E-state index >= 15 is 0 Å². The molecule has 7 nitrogen and oxygen atoms in total. The van der Waals surface area contributed by atoms with Gasteiger partial charge in [0.05, 0.1) is 6.04 Å². The Hall–Kier alpha value is -3.42. The molecule has 0 spiro atoms. The molecule has 1 amide bonds. The SMILES string of the molecule is C[C@@H]1CN(C(=O)[C@@H](N)Cc2ccc3ccccc3c2)C(CCCN=C(N)N)CN1CCCc1ccccc1. The molecule has 1 saturated heterocycles. The van der Waals surface area contributed by atoms with E-state index in [0.29, 0.717) is 19.5 Å². The lowest BCUT2D eigenvalue weighted by molar-refractivity contribution is -0.139. The summed E-state index contributed by atoms with van der Waals surface area (Å²) in [5.74, 6) is 0.135. The fourth-order valence-corrected chi connectivity index (χ4v) is 5.51. The second-order valence-corrected chi connectivity index (χ2v) is 10.5. The van der Waals surface area contributed by atoms with Crippen LogP contribution in [0.1, 0.15) is 37.3 Å². The van der Waals surface area contributed by atoms with Crippen molar-refractivity contribution in [2.24, 2.45) is 22.2 Å². The zero-order valence-corrected chi connectivity index (χ0v) is 22.5. The smallest absolute Gasteiger partial charge is 0.240 e. The third kappa shape index (κ3) is 7.55. The second-order valence-electron chi connectivity index (χ2n) is 10.5. The van der Waals surface area contributed by atoms with Crippen LogP contribution in [-0.4, -0.2) is 66.0 Å². The number of aliphatic imine (C=N–C) groups is 1. The average molecular weight is 515 g/mol. The molecule has 0 saturated carbocycles. The van der Waals surface area contributed by atoms with Gasteiger partial charge in [0.1, 0.15) is 0 Å². The van der Waals surface area contributed by atoms with Gasteiger partial charge in [-0.2, -0.15) is 0 Å². The van der Waals surface area contributed by atoms with Gasteiger partial charge in [-0.1, -0.05) is 72.8 Å². The number of benzene rings is 3. The van der Waals surface area contributed by atoms with Crippen molar-refractivity contribution in [1.29, 1.82) is 0 Å². The van der Waals surface area contributed by atoms with Crippen LogP contribution in [-0.2, 0) is 17.6 Å². The topological polar surface area (TPSA) is 114 Å². The summed E-state index contributed by atoms with van der Waals surface area (Å²) >= 11 is 0. The molecule has 0 bridgehead atoms. The molecule has 202 valence electrons. The highest BCUT2D eigenvalue weighted by molar-refractivity contribution is 5.84. The van der Waals surface area contributed by atoms with E-state index in [1.807, 2.05) is 17.0 Å². The largest absolute Gasteiger partial charge is 0.370 e. The third-order valence-corrected chi connectivity index (χ3v) is 7.58. The minimum Gasteiger partial charge on any atom is -0.370 e. The summed E-state index contributed by atoms with van der Waals surface area (Å²) in [7, 11) is 0. The summed E-state index contributed by atoms with van der Waals surface area (Å²) in [5.41, 5.74) is 20.0. The van der Waals surface area contributed by atoms with Crippen LogP contribution in [0.2, 0.25) is 0 Å². The molecular weight excluding hydrogens is 472 g/mol. The van der Waals surface area contributed by atoms with Crippen LogP contribution in [0.5, 0.6) is 0 Å². The minimum absolute atomic E-state index is 0.0285. The first-order valence-electron chi connectivity index (χ1n) is 13.8. The molecule has 0 radical (unpaired) electrons. The predicted octanol–water partition coefficient (Wildman–Crippen LogP) is 3.30. The van der Waals surface area contributed by atoms with Crippen molar-refractivity contribution in [2.45, 2.75) is 57.2 Å². The Kier molecular flexibility index (Phi) is 9.73. The van der Waals surface area contributed by atoms with Crippen LogP contribution in [0.25, 0.3) is 10.8 Å². The maximum Gasteiger partial charge on any atom is 0.240 e. The molecule has 0 aliphatic carbocycles. The second kappa shape index (κ2) is 13.4. The standard InChI is InChI=1S/C31H42N6O/c1-23-21-37(30(38)29(32)20-25-15-16-26-12-5-6-13-27(26)19-25)28(14-7-17-35-31(33)34)22-36(23)18-8-11-24-9-3-2-4-10-24/h2-6,9-10,12-13,15-16,19,23,28-29H,7-8,11,14,17-18,20-22,32H2,1H3,(H4,33,34,35)/t23-,28?,29+/m1/s1. The lowest BCUT2D eigenvalue weighted by atomic mass is 9.98. The Morgan fingerprint density at radius 3 is 2.45 bits per heavy atom. The lowest BCUT2D eigenvalue weighted by Crippen LogP contribution is -2.61. The van der Waals surface area contributed by atoms with Crippen molar-refractivity contribution in [1.82, 2.24) is 9.80 Å². The van der Waals surface area contributed by atoms with Gasteiger partial charge in [0.25, 0.3) is 0 Å². The van der Waals surface area contributed by atoms with E-state index in [1.54, 1.807) is 0 Å². The Morgan fingerprint density at radius 1 is 0.947 bits per heavy atom. The van der Waals surface area contributed by atoms with Crippen LogP contribution < -0.4 is 17.2 Å². The van der Waals surface area contributed by atoms with Crippen LogP contribution in [0.15, 0.2) is 77.8 Å². The van der Waals surface area contributed by atoms with Gasteiger partial charge >= 0.3 is 0 Å². The van der Waals surface area contributed by atoms with E-state index in [1.165, 1.54) is 16.3 Å². The first-order chi connectivity index (χ1) is 18.4. The maximum atomic E-state index is 13.7. The van der Waals surface area contributed by atoms with Crippen molar-refractivity contribution in [3.63, 3.8) is 0 Å². The summed E-state index contributed by atoms with van der Waals surface area (Å²) in [5, 5.41) is 2.36. The number of nitrogens with two attached hydrogens (primary N) is 3. The van der Waals surface area contributed by atoms with E-state index in [4.69, 9.17) is 17.2 Å². The highest BCUT2D eigenvalue weighted by atomic mass is 16.2. The Balaban J connectivity index is 1.40. The van der Waals surface area contributed by atoms with Crippen molar-refractivity contribution in [3.05, 3.63) is 83.9 Å². The number of piperazine rings is 1. The quantitative estimate of drug-likeness (QED) is 0.206. The first-order valence-corrected chi connectivity index (χ1v) is 13.8. The van der Waals surface area contributed by atoms with Crippen molar-refractivity contribution in [2.75, 3.05) is 26.2 Å². The molecule has 38 heavy (non-hydrogen) atoms. The number of hydrogen-bond donors (Lipinski definition) is 3. The molecule has 3 aromatic rings. The Labute approximate surface area is 226 Å². The number of nitrogens with zero attached hydrogens (tertiary/aromatic N) is 3. The van der Waals surface area contributed by atoms with Crippen molar-refractivity contribution < 1.29 is 4.79 Å². The summed E-state index contributed by atoms with van der Waals surface area (Å²) in [4.78, 5) is 22.4. The van der Waals surface area contributed by atoms with Gasteiger partial charge in [0, 0.05) is 31.7 Å². The van der Waals surface area contributed by atoms with E-state index in [2.05, 4.69) is 77.5 Å². The number of carbonyl (C=O) groups is 1. The Bertz CT molecular complexity index is 1210. The predicted molar refractivity (Wildman–Crippen MR) is 157 cm³/mol. The van der Waals surface area contributed by atoms with Crippen LogP contribution >= 0.6 is 0 Å². The van der Waals surface area contributed by atoms with Crippen molar-refractivity contribution in [3.8, 4) is 0 Å². The van der Waals surface area contributed by atoms with E-state index < -0.39 is 6.04 Å². The van der Waals surface area contributed by atoms with Crippen molar-refractivity contribution >= 4 is 22.6 Å². The van der Waals surface area contributed by atoms with Crippen LogP contribution in [0, 0.1) is 0 Å². The number of aryl methyl sites for hydroxylation is 1. The van der Waals surface area contributed by atoms with E-state index in [9.17, 15) is 4.79 Å². The molecule has 1 heterocycles. The maximum absolute atomic E-state index is 13.7. The van der Waals surface area contributed by atoms with Gasteiger partial charge in [-0.3, -0.25) is 14.7 Å². The average Bonchev–Trinajstić information content (AvgIpc) is 2.92. The molecule has 1 aliphatic rings. The monoisotopic (exact) mass is 514 g/mol. The number of carbonyl (C=O) groups excluding carboxylic acids is 1. The number of fused-ring (bicyclic) bond motifs is 1. The van der Waals surface area contributed by atoms with Gasteiger partial charge in [0.15, 0.2) is 5.96 Å². The van der Waals surface area contributed by atoms with Gasteiger partial charge < -0.3 is 22.1 Å². The normalized spacial score (nSPS) is 18.8. The number of amides is 1. The zero-order chi connectivity index (χ0) is 26.9. The summed E-state index contributed by atoms with van der Waals surface area (Å²) in [6.07, 6.45) is 4.32. The van der Waals surface area contributed by atoms with Crippen LogP contribution in [0.4, 0.5) is 0 Å². The van der Waals surface area contributed by atoms with Gasteiger partial charge in [-0.25, -0.2) is 0 Å².